The van der Waals surface area contributed by atoms with E-state index >= 15 is 0 Å². The molecule has 0 radical (unpaired) electrons. The number of aliphatic hydroxyl groups excluding tert-OH is 1. The van der Waals surface area contributed by atoms with E-state index in [0.717, 1.165) is 11.3 Å². The summed E-state index contributed by atoms with van der Waals surface area (Å²) in [5.41, 5.74) is 1.93. The molecule has 110 valence electrons. The van der Waals surface area contributed by atoms with Crippen molar-refractivity contribution in [3.63, 3.8) is 0 Å². The van der Waals surface area contributed by atoms with Gasteiger partial charge in [-0.15, -0.1) is 0 Å². The van der Waals surface area contributed by atoms with Gasteiger partial charge in [-0.05, 0) is 24.1 Å². The SMILES string of the molecule is COc1ccc([N+](=O)[O-])c(Nc2ccccc2CCO)c1. The number of para-hydroxylation sites is 1. The Balaban J connectivity index is 2.40. The maximum Gasteiger partial charge on any atom is 0.292 e. The summed E-state index contributed by atoms with van der Waals surface area (Å²) < 4.78 is 5.10. The molecule has 0 aliphatic carbocycles. The Bertz CT molecular complexity index is 643. The molecule has 0 spiro atoms. The Kier molecular flexibility index (Phi) is 4.73. The lowest BCUT2D eigenvalue weighted by atomic mass is 10.1. The van der Waals surface area contributed by atoms with Crippen LogP contribution in [0.25, 0.3) is 0 Å². The second-order valence-corrected chi connectivity index (χ2v) is 4.40. The van der Waals surface area contributed by atoms with E-state index in [1.165, 1.54) is 13.2 Å². The Morgan fingerprint density at radius 3 is 2.67 bits per heavy atom. The van der Waals surface area contributed by atoms with Gasteiger partial charge in [0.15, 0.2) is 0 Å². The third-order valence-corrected chi connectivity index (χ3v) is 3.07. The zero-order chi connectivity index (χ0) is 15.2. The van der Waals surface area contributed by atoms with Gasteiger partial charge in [-0.25, -0.2) is 0 Å². The number of hydrogen-bond acceptors (Lipinski definition) is 5. The molecule has 21 heavy (non-hydrogen) atoms. The minimum absolute atomic E-state index is 0.0128. The molecule has 0 bridgehead atoms. The van der Waals surface area contributed by atoms with Crippen LogP contribution >= 0.6 is 0 Å². The number of hydrogen-bond donors (Lipinski definition) is 2. The van der Waals surface area contributed by atoms with Crippen molar-refractivity contribution in [2.75, 3.05) is 19.0 Å². The molecule has 2 N–H and O–H groups in total. The molecule has 0 aliphatic rings. The number of rotatable bonds is 6. The summed E-state index contributed by atoms with van der Waals surface area (Å²) in [6.07, 6.45) is 0.473. The molecule has 0 aromatic heterocycles. The third-order valence-electron chi connectivity index (χ3n) is 3.07. The Hall–Kier alpha value is -2.60. The predicted octanol–water partition coefficient (Wildman–Crippen LogP) is 2.88. The van der Waals surface area contributed by atoms with Gasteiger partial charge in [0.1, 0.15) is 11.4 Å². The van der Waals surface area contributed by atoms with Crippen LogP contribution in [0.5, 0.6) is 5.75 Å². The van der Waals surface area contributed by atoms with Gasteiger partial charge >= 0.3 is 0 Å². The second kappa shape index (κ2) is 6.71. The lowest BCUT2D eigenvalue weighted by Crippen LogP contribution is -2.01. The molecule has 0 fully saturated rings. The molecule has 2 rings (SSSR count). The van der Waals surface area contributed by atoms with Crippen molar-refractivity contribution < 1.29 is 14.8 Å². The monoisotopic (exact) mass is 288 g/mol. The van der Waals surface area contributed by atoms with Gasteiger partial charge in [0.25, 0.3) is 5.69 Å². The fourth-order valence-electron chi connectivity index (χ4n) is 2.03. The average Bonchev–Trinajstić information content (AvgIpc) is 2.49. The highest BCUT2D eigenvalue weighted by Gasteiger charge is 2.15. The van der Waals surface area contributed by atoms with E-state index in [1.807, 2.05) is 24.3 Å². The molecule has 0 unspecified atom stereocenters. The standard InChI is InChI=1S/C15H16N2O4/c1-21-12-6-7-15(17(19)20)14(10-12)16-13-5-3-2-4-11(13)8-9-18/h2-7,10,16,18H,8-9H2,1H3. The topological polar surface area (TPSA) is 84.6 Å². The molecule has 0 heterocycles. The van der Waals surface area contributed by atoms with Crippen LogP contribution in [0, 0.1) is 10.1 Å². The molecule has 2 aromatic rings. The van der Waals surface area contributed by atoms with Crippen LogP contribution in [0.1, 0.15) is 5.56 Å². The minimum atomic E-state index is -0.448. The van der Waals surface area contributed by atoms with Gasteiger partial charge in [-0.2, -0.15) is 0 Å². The molecule has 0 atom stereocenters. The number of nitrogens with one attached hydrogen (secondary N) is 1. The summed E-state index contributed by atoms with van der Waals surface area (Å²) in [6.45, 7) is 0.0128. The molecule has 0 saturated carbocycles. The van der Waals surface area contributed by atoms with Crippen LogP contribution in [-0.2, 0) is 6.42 Å². The number of nitro groups is 1. The molecular formula is C15H16N2O4. The largest absolute Gasteiger partial charge is 0.497 e. The summed E-state index contributed by atoms with van der Waals surface area (Å²) in [6, 6.07) is 11.9. The lowest BCUT2D eigenvalue weighted by Gasteiger charge is -2.12. The fourth-order valence-corrected chi connectivity index (χ4v) is 2.03. The van der Waals surface area contributed by atoms with Crippen LogP contribution in [0.4, 0.5) is 17.1 Å². The van der Waals surface area contributed by atoms with Crippen molar-refractivity contribution in [1.29, 1.82) is 0 Å². The van der Waals surface area contributed by atoms with Crippen LogP contribution in [0.3, 0.4) is 0 Å². The molecular weight excluding hydrogens is 272 g/mol. The summed E-state index contributed by atoms with van der Waals surface area (Å²) in [4.78, 5) is 10.7. The Morgan fingerprint density at radius 1 is 1.24 bits per heavy atom. The van der Waals surface area contributed by atoms with E-state index in [1.54, 1.807) is 12.1 Å². The van der Waals surface area contributed by atoms with Gasteiger partial charge in [-0.3, -0.25) is 10.1 Å². The predicted molar refractivity (Wildman–Crippen MR) is 80.2 cm³/mol. The molecule has 6 nitrogen and oxygen atoms in total. The van der Waals surface area contributed by atoms with Crippen molar-refractivity contribution in [3.8, 4) is 5.75 Å². The number of anilines is 2. The van der Waals surface area contributed by atoms with E-state index in [9.17, 15) is 10.1 Å². The van der Waals surface area contributed by atoms with Crippen molar-refractivity contribution in [1.82, 2.24) is 0 Å². The summed E-state index contributed by atoms with van der Waals surface area (Å²) >= 11 is 0. The zero-order valence-electron chi connectivity index (χ0n) is 11.6. The lowest BCUT2D eigenvalue weighted by molar-refractivity contribution is -0.383. The summed E-state index contributed by atoms with van der Waals surface area (Å²) in [5, 5.41) is 23.2. The van der Waals surface area contributed by atoms with Gasteiger partial charge < -0.3 is 15.2 Å². The van der Waals surface area contributed by atoms with Crippen molar-refractivity contribution in [2.24, 2.45) is 0 Å². The van der Waals surface area contributed by atoms with E-state index in [0.29, 0.717) is 17.9 Å². The fraction of sp³-hybridized carbons (Fsp3) is 0.200. The number of ether oxygens (including phenoxy) is 1. The second-order valence-electron chi connectivity index (χ2n) is 4.40. The number of nitro benzene ring substituents is 1. The number of benzene rings is 2. The Morgan fingerprint density at radius 2 is 2.00 bits per heavy atom. The van der Waals surface area contributed by atoms with Gasteiger partial charge in [0.05, 0.1) is 12.0 Å². The molecule has 0 saturated heterocycles. The van der Waals surface area contributed by atoms with E-state index in [2.05, 4.69) is 5.32 Å². The maximum absolute atomic E-state index is 11.1. The van der Waals surface area contributed by atoms with Gasteiger partial charge in [0, 0.05) is 24.4 Å². The first-order valence-electron chi connectivity index (χ1n) is 6.44. The quantitative estimate of drug-likeness (QED) is 0.630. The first kappa shape index (κ1) is 14.8. The maximum atomic E-state index is 11.1. The highest BCUT2D eigenvalue weighted by molar-refractivity contribution is 5.72. The highest BCUT2D eigenvalue weighted by atomic mass is 16.6. The van der Waals surface area contributed by atoms with Crippen molar-refractivity contribution in [2.45, 2.75) is 6.42 Å². The Labute approximate surface area is 122 Å². The van der Waals surface area contributed by atoms with Crippen molar-refractivity contribution in [3.05, 3.63) is 58.1 Å². The normalized spacial score (nSPS) is 10.2. The van der Waals surface area contributed by atoms with Crippen LogP contribution in [0.15, 0.2) is 42.5 Å². The zero-order valence-corrected chi connectivity index (χ0v) is 11.6. The molecule has 6 heteroatoms. The average molecular weight is 288 g/mol. The minimum Gasteiger partial charge on any atom is -0.497 e. The molecule has 0 amide bonds. The van der Waals surface area contributed by atoms with E-state index < -0.39 is 4.92 Å². The van der Waals surface area contributed by atoms with E-state index in [-0.39, 0.29) is 12.3 Å². The number of aliphatic hydroxyl groups is 1. The number of methoxy groups -OCH3 is 1. The third kappa shape index (κ3) is 3.49. The van der Waals surface area contributed by atoms with Crippen LogP contribution in [-0.4, -0.2) is 23.7 Å². The molecule has 2 aromatic carbocycles. The first-order chi connectivity index (χ1) is 10.2. The summed E-state index contributed by atoms with van der Waals surface area (Å²) in [5.74, 6) is 0.530. The van der Waals surface area contributed by atoms with Crippen LogP contribution in [0.2, 0.25) is 0 Å². The van der Waals surface area contributed by atoms with Gasteiger partial charge in [0.2, 0.25) is 0 Å². The molecule has 0 aliphatic heterocycles. The summed E-state index contributed by atoms with van der Waals surface area (Å²) in [7, 11) is 1.50. The highest BCUT2D eigenvalue weighted by Crippen LogP contribution is 2.32. The first-order valence-corrected chi connectivity index (χ1v) is 6.44. The smallest absolute Gasteiger partial charge is 0.292 e. The van der Waals surface area contributed by atoms with Gasteiger partial charge in [-0.1, -0.05) is 18.2 Å². The van der Waals surface area contributed by atoms with Crippen molar-refractivity contribution >= 4 is 17.1 Å². The van der Waals surface area contributed by atoms with E-state index in [4.69, 9.17) is 9.84 Å². The number of nitrogens with zero attached hydrogens (tertiary/aromatic N) is 1. The van der Waals surface area contributed by atoms with Crippen LogP contribution < -0.4 is 10.1 Å².